The lowest BCUT2D eigenvalue weighted by molar-refractivity contribution is -0.121. The SMILES string of the molecule is CC(C)(C)NC(=O)C(Br)(Br)S(=O)(=O)c1ccccc1. The Morgan fingerprint density at radius 2 is 1.58 bits per heavy atom. The second-order valence-electron chi connectivity index (χ2n) is 5.04. The van der Waals surface area contributed by atoms with Gasteiger partial charge in [0.05, 0.1) is 4.90 Å². The highest BCUT2D eigenvalue weighted by molar-refractivity contribution is 9.28. The highest BCUT2D eigenvalue weighted by Gasteiger charge is 2.48. The van der Waals surface area contributed by atoms with Gasteiger partial charge in [-0.05, 0) is 64.8 Å². The number of hydrogen-bond donors (Lipinski definition) is 1. The first-order valence-electron chi connectivity index (χ1n) is 5.48. The van der Waals surface area contributed by atoms with Crippen molar-refractivity contribution in [2.24, 2.45) is 0 Å². The topological polar surface area (TPSA) is 63.2 Å². The Labute approximate surface area is 130 Å². The summed E-state index contributed by atoms with van der Waals surface area (Å²) in [5, 5.41) is 2.62. The van der Waals surface area contributed by atoms with E-state index in [4.69, 9.17) is 0 Å². The average molecular weight is 413 g/mol. The van der Waals surface area contributed by atoms with Crippen LogP contribution in [0.15, 0.2) is 35.2 Å². The first-order valence-corrected chi connectivity index (χ1v) is 8.55. The van der Waals surface area contributed by atoms with Gasteiger partial charge in [-0.15, -0.1) is 0 Å². The molecule has 1 aromatic carbocycles. The fraction of sp³-hybridized carbons (Fsp3) is 0.417. The average Bonchev–Trinajstić information content (AvgIpc) is 2.27. The van der Waals surface area contributed by atoms with Crippen LogP contribution in [0.4, 0.5) is 0 Å². The van der Waals surface area contributed by atoms with Crippen molar-refractivity contribution >= 4 is 47.6 Å². The second kappa shape index (κ2) is 5.54. The Morgan fingerprint density at radius 1 is 1.11 bits per heavy atom. The second-order valence-corrected chi connectivity index (χ2v) is 11.6. The molecule has 106 valence electrons. The van der Waals surface area contributed by atoms with Crippen molar-refractivity contribution in [2.45, 2.75) is 33.8 Å². The minimum atomic E-state index is -3.89. The van der Waals surface area contributed by atoms with Crippen LogP contribution in [0.2, 0.25) is 0 Å². The third-order valence-corrected chi connectivity index (χ3v) is 7.17. The van der Waals surface area contributed by atoms with E-state index in [0.29, 0.717) is 0 Å². The molecule has 4 nitrogen and oxygen atoms in total. The number of carbonyl (C=O) groups excluding carboxylic acids is 1. The number of hydrogen-bond acceptors (Lipinski definition) is 3. The molecule has 1 N–H and O–H groups in total. The number of benzene rings is 1. The van der Waals surface area contributed by atoms with Crippen LogP contribution in [-0.2, 0) is 14.6 Å². The van der Waals surface area contributed by atoms with Gasteiger partial charge in [-0.2, -0.15) is 0 Å². The molecule has 0 spiro atoms. The monoisotopic (exact) mass is 411 g/mol. The van der Waals surface area contributed by atoms with Crippen LogP contribution in [0, 0.1) is 0 Å². The van der Waals surface area contributed by atoms with Gasteiger partial charge in [-0.1, -0.05) is 18.2 Å². The Kier molecular flexibility index (Phi) is 4.85. The van der Waals surface area contributed by atoms with Crippen LogP contribution in [0.3, 0.4) is 0 Å². The molecule has 0 heterocycles. The van der Waals surface area contributed by atoms with E-state index in [-0.39, 0.29) is 4.90 Å². The lowest BCUT2D eigenvalue weighted by Crippen LogP contribution is -2.50. The van der Waals surface area contributed by atoms with Crippen molar-refractivity contribution in [3.8, 4) is 0 Å². The summed E-state index contributed by atoms with van der Waals surface area (Å²) in [5.74, 6) is -0.663. The molecule has 1 rings (SSSR count). The summed E-state index contributed by atoms with van der Waals surface area (Å²) >= 11 is 5.95. The molecule has 1 amide bonds. The molecule has 0 radical (unpaired) electrons. The van der Waals surface area contributed by atoms with E-state index in [1.807, 2.05) is 0 Å². The number of carbonyl (C=O) groups is 1. The van der Waals surface area contributed by atoms with Gasteiger partial charge in [0.15, 0.2) is 0 Å². The van der Waals surface area contributed by atoms with Crippen molar-refractivity contribution in [2.75, 3.05) is 0 Å². The molecule has 7 heteroatoms. The van der Waals surface area contributed by atoms with E-state index in [0.717, 1.165) is 0 Å². The molecule has 0 bridgehead atoms. The predicted octanol–water partition coefficient (Wildman–Crippen LogP) is 2.82. The lowest BCUT2D eigenvalue weighted by atomic mass is 10.1. The Bertz CT molecular complexity index is 562. The molecule has 0 fully saturated rings. The zero-order chi connectivity index (χ0) is 14.9. The largest absolute Gasteiger partial charge is 0.349 e. The van der Waals surface area contributed by atoms with Crippen molar-refractivity contribution in [1.29, 1.82) is 0 Å². The lowest BCUT2D eigenvalue weighted by Gasteiger charge is -2.26. The smallest absolute Gasteiger partial charge is 0.264 e. The van der Waals surface area contributed by atoms with Gasteiger partial charge in [0.25, 0.3) is 8.47 Å². The molecule has 0 saturated heterocycles. The first kappa shape index (κ1) is 16.7. The molecule has 0 aliphatic carbocycles. The number of halogens is 2. The van der Waals surface area contributed by atoms with Gasteiger partial charge in [0.2, 0.25) is 9.84 Å². The highest BCUT2D eigenvalue weighted by Crippen LogP contribution is 2.38. The number of nitrogens with one attached hydrogen (secondary N) is 1. The van der Waals surface area contributed by atoms with Crippen molar-refractivity contribution in [1.82, 2.24) is 5.32 Å². The predicted molar refractivity (Wildman–Crippen MR) is 82.1 cm³/mol. The Balaban J connectivity index is 3.16. The maximum atomic E-state index is 12.4. The van der Waals surface area contributed by atoms with Gasteiger partial charge in [0, 0.05) is 5.54 Å². The summed E-state index contributed by atoms with van der Waals surface area (Å²) < 4.78 is 23.0. The number of amides is 1. The fourth-order valence-corrected chi connectivity index (χ4v) is 3.71. The van der Waals surface area contributed by atoms with Gasteiger partial charge in [-0.25, -0.2) is 8.42 Å². The number of alkyl halides is 2. The van der Waals surface area contributed by atoms with Crippen LogP contribution in [0.1, 0.15) is 20.8 Å². The summed E-state index contributed by atoms with van der Waals surface area (Å²) in [5.41, 5.74) is -0.532. The van der Waals surface area contributed by atoms with Crippen molar-refractivity contribution in [3.63, 3.8) is 0 Å². The van der Waals surface area contributed by atoms with Crippen molar-refractivity contribution in [3.05, 3.63) is 30.3 Å². The zero-order valence-electron chi connectivity index (χ0n) is 10.8. The molecule has 0 unspecified atom stereocenters. The standard InChI is InChI=1S/C12H15Br2NO3S/c1-11(2,3)15-10(16)12(13,14)19(17,18)9-7-5-4-6-8-9/h4-8H,1-3H3,(H,15,16). The Hall–Kier alpha value is -0.400. The zero-order valence-corrected chi connectivity index (χ0v) is 14.8. The number of sulfone groups is 1. The molecule has 0 aliphatic rings. The van der Waals surface area contributed by atoms with E-state index in [1.54, 1.807) is 39.0 Å². The minimum absolute atomic E-state index is 0.0628. The van der Waals surface area contributed by atoms with E-state index in [9.17, 15) is 13.2 Å². The summed E-state index contributed by atoms with van der Waals surface area (Å²) in [4.78, 5) is 12.2. The van der Waals surface area contributed by atoms with Gasteiger partial charge < -0.3 is 5.32 Å². The molecule has 1 aromatic rings. The van der Waals surface area contributed by atoms with Crippen molar-refractivity contribution < 1.29 is 13.2 Å². The molecule has 0 atom stereocenters. The third kappa shape index (κ3) is 3.79. The van der Waals surface area contributed by atoms with Crippen LogP contribution in [0.25, 0.3) is 0 Å². The normalized spacial score (nSPS) is 13.1. The molecule has 0 aliphatic heterocycles. The van der Waals surface area contributed by atoms with Gasteiger partial charge in [0.1, 0.15) is 0 Å². The minimum Gasteiger partial charge on any atom is -0.349 e. The van der Waals surface area contributed by atoms with Gasteiger partial charge in [-0.3, -0.25) is 4.79 Å². The van der Waals surface area contributed by atoms with E-state index < -0.39 is 23.8 Å². The van der Waals surface area contributed by atoms with Crippen LogP contribution in [-0.4, -0.2) is 22.4 Å². The van der Waals surface area contributed by atoms with Crippen LogP contribution in [0.5, 0.6) is 0 Å². The summed E-state index contributed by atoms with van der Waals surface area (Å²) in [6, 6.07) is 7.79. The van der Waals surface area contributed by atoms with Crippen LogP contribution < -0.4 is 5.32 Å². The maximum absolute atomic E-state index is 12.4. The summed E-state index contributed by atoms with van der Waals surface area (Å²) in [6.45, 7) is 5.32. The van der Waals surface area contributed by atoms with Crippen LogP contribution >= 0.6 is 31.9 Å². The molecule has 0 saturated carbocycles. The maximum Gasteiger partial charge on any atom is 0.264 e. The first-order chi connectivity index (χ1) is 8.48. The summed E-state index contributed by atoms with van der Waals surface area (Å²) in [6.07, 6.45) is 0. The fourth-order valence-electron chi connectivity index (χ4n) is 1.28. The van der Waals surface area contributed by atoms with Gasteiger partial charge >= 0.3 is 0 Å². The quantitative estimate of drug-likeness (QED) is 0.776. The summed E-state index contributed by atoms with van der Waals surface area (Å²) in [7, 11) is -3.89. The van der Waals surface area contributed by atoms with E-state index >= 15 is 0 Å². The molecular formula is C12H15Br2NO3S. The Morgan fingerprint density at radius 3 is 2.00 bits per heavy atom. The van der Waals surface area contributed by atoms with E-state index in [2.05, 4.69) is 37.2 Å². The molecule has 0 aromatic heterocycles. The highest BCUT2D eigenvalue weighted by atomic mass is 79.9. The third-order valence-electron chi connectivity index (χ3n) is 2.14. The molecular weight excluding hydrogens is 398 g/mol. The van der Waals surface area contributed by atoms with E-state index in [1.165, 1.54) is 12.1 Å². The molecule has 19 heavy (non-hydrogen) atoms. The number of rotatable bonds is 3.